The van der Waals surface area contributed by atoms with Crippen LogP contribution >= 0.6 is 0 Å². The van der Waals surface area contributed by atoms with E-state index in [2.05, 4.69) is 46.6 Å². The molecule has 8 heteroatoms. The van der Waals surface area contributed by atoms with Gasteiger partial charge in [0.05, 0.1) is 16.7 Å². The predicted octanol–water partition coefficient (Wildman–Crippen LogP) is 4.04. The Morgan fingerprint density at radius 2 is 1.86 bits per heavy atom. The van der Waals surface area contributed by atoms with Crippen LogP contribution in [-0.4, -0.2) is 51.6 Å². The van der Waals surface area contributed by atoms with Crippen molar-refractivity contribution in [2.75, 3.05) is 25.0 Å². The molecule has 0 aliphatic carbocycles. The van der Waals surface area contributed by atoms with E-state index < -0.39 is 7.04 Å². The monoisotopic (exact) mass is 477 g/mol. The van der Waals surface area contributed by atoms with E-state index in [-0.39, 0.29) is 29.5 Å². The topological polar surface area (TPSA) is 87.3 Å². The van der Waals surface area contributed by atoms with Crippen molar-refractivity contribution in [1.82, 2.24) is 19.4 Å². The van der Waals surface area contributed by atoms with Crippen molar-refractivity contribution in [2.45, 2.75) is 58.2 Å². The van der Waals surface area contributed by atoms with Crippen LogP contribution in [0.5, 0.6) is 5.75 Å². The smallest absolute Gasteiger partial charge is 0.349 e. The number of pyridine rings is 1. The number of benzene rings is 1. The van der Waals surface area contributed by atoms with E-state index in [0.717, 1.165) is 31.4 Å². The summed E-state index contributed by atoms with van der Waals surface area (Å²) < 4.78 is 28.5. The lowest BCUT2D eigenvalue weighted by molar-refractivity contribution is 0.0895. The van der Waals surface area contributed by atoms with Crippen molar-refractivity contribution in [3.05, 3.63) is 58.1 Å². The van der Waals surface area contributed by atoms with Crippen molar-refractivity contribution in [3.63, 3.8) is 0 Å². The number of piperazine rings is 1. The molecule has 3 heterocycles. The first-order valence-corrected chi connectivity index (χ1v) is 12.2. The summed E-state index contributed by atoms with van der Waals surface area (Å²) in [6.07, 6.45) is 2.61. The van der Waals surface area contributed by atoms with Gasteiger partial charge in [0, 0.05) is 38.3 Å². The molecule has 1 aliphatic rings. The van der Waals surface area contributed by atoms with E-state index in [4.69, 9.17) is 8.85 Å². The molecule has 0 N–H and O–H groups in total. The van der Waals surface area contributed by atoms with Crippen LogP contribution in [0.15, 0.2) is 41.2 Å². The fraction of sp³-hybridized carbons (Fsp3) is 0.481. The summed E-state index contributed by atoms with van der Waals surface area (Å²) in [6.45, 7) is 7.86. The number of aryl methyl sites for hydroxylation is 1. The number of rotatable bonds is 7. The van der Waals surface area contributed by atoms with Gasteiger partial charge in [0.25, 0.3) is 0 Å². The van der Waals surface area contributed by atoms with Gasteiger partial charge in [-0.05, 0) is 49.1 Å². The number of fused-ring (bicyclic) bond motifs is 1. The first kappa shape index (κ1) is 20.9. The summed E-state index contributed by atoms with van der Waals surface area (Å²) >= 11 is 0. The second-order valence-electron chi connectivity index (χ2n) is 9.02. The second-order valence-corrected chi connectivity index (χ2v) is 9.02. The first-order valence-electron chi connectivity index (χ1n) is 13.7. The summed E-state index contributed by atoms with van der Waals surface area (Å²) in [5.41, 5.74) is 2.24. The maximum atomic E-state index is 12.8. The van der Waals surface area contributed by atoms with Gasteiger partial charge in [-0.15, -0.1) is 0 Å². The van der Waals surface area contributed by atoms with Crippen molar-refractivity contribution in [2.24, 2.45) is 7.05 Å². The zero-order valence-corrected chi connectivity index (χ0v) is 20.7. The molecule has 3 atom stereocenters. The maximum Gasteiger partial charge on any atom is 0.349 e. The summed E-state index contributed by atoms with van der Waals surface area (Å²) in [5.74, 6) is 0.851. The van der Waals surface area contributed by atoms with Crippen molar-refractivity contribution >= 4 is 16.9 Å². The van der Waals surface area contributed by atoms with Gasteiger partial charge in [-0.2, -0.15) is 10.2 Å². The van der Waals surface area contributed by atoms with Gasteiger partial charge in [0.1, 0.15) is 23.0 Å². The Labute approximate surface area is 211 Å². The Balaban J connectivity index is 1.69. The normalized spacial score (nSPS) is 21.1. The van der Waals surface area contributed by atoms with Crippen LogP contribution in [0.1, 0.15) is 61.4 Å². The van der Waals surface area contributed by atoms with E-state index in [0.29, 0.717) is 29.1 Å². The number of hydrogen-bond acceptors (Lipinski definition) is 7. The molecule has 1 fully saturated rings. The predicted molar refractivity (Wildman–Crippen MR) is 138 cm³/mol. The average molecular weight is 478 g/mol. The van der Waals surface area contributed by atoms with E-state index in [1.807, 2.05) is 12.1 Å². The van der Waals surface area contributed by atoms with Gasteiger partial charge >= 0.3 is 5.69 Å². The SMILES string of the molecule is [2H]C([2H])([2H])Oc1ccc(C(CC)N2C[C@H](CC)N(c3nc(=O)n(C)c4ccc(C#N)nc34)C[C@H]2CC)cc1. The zero-order chi connectivity index (χ0) is 27.6. The Hall–Kier alpha value is -3.44. The highest BCUT2D eigenvalue weighted by Crippen LogP contribution is 2.35. The van der Waals surface area contributed by atoms with Crippen LogP contribution in [0.3, 0.4) is 0 Å². The Kier molecular flexibility index (Phi) is 6.24. The van der Waals surface area contributed by atoms with Crippen LogP contribution in [0, 0.1) is 11.3 Å². The third-order valence-corrected chi connectivity index (χ3v) is 7.17. The number of nitrogens with zero attached hydrogens (tertiary/aromatic N) is 6. The lowest BCUT2D eigenvalue weighted by Crippen LogP contribution is -2.59. The minimum Gasteiger partial charge on any atom is -0.497 e. The number of anilines is 1. The summed E-state index contributed by atoms with van der Waals surface area (Å²) in [7, 11) is -0.817. The molecule has 0 saturated carbocycles. The fourth-order valence-electron chi connectivity index (χ4n) is 5.22. The molecule has 0 spiro atoms. The Morgan fingerprint density at radius 1 is 1.11 bits per heavy atom. The van der Waals surface area contributed by atoms with E-state index >= 15 is 0 Å². The molecule has 1 unspecified atom stereocenters. The molecule has 4 rings (SSSR count). The third-order valence-electron chi connectivity index (χ3n) is 7.17. The van der Waals surface area contributed by atoms with Gasteiger partial charge in [-0.25, -0.2) is 9.78 Å². The number of methoxy groups -OCH3 is 1. The van der Waals surface area contributed by atoms with Crippen molar-refractivity contribution < 1.29 is 8.85 Å². The van der Waals surface area contributed by atoms with Gasteiger partial charge in [-0.3, -0.25) is 9.47 Å². The number of aromatic nitrogens is 3. The molecule has 3 aromatic rings. The van der Waals surface area contributed by atoms with Crippen LogP contribution in [0.2, 0.25) is 0 Å². The van der Waals surface area contributed by atoms with Crippen LogP contribution in [0.4, 0.5) is 5.82 Å². The molecule has 1 aromatic carbocycles. The highest BCUT2D eigenvalue weighted by Gasteiger charge is 2.37. The molecule has 35 heavy (non-hydrogen) atoms. The molecule has 184 valence electrons. The molecule has 1 aliphatic heterocycles. The van der Waals surface area contributed by atoms with Crippen LogP contribution in [0.25, 0.3) is 11.0 Å². The standard InChI is InChI=1S/C27H34N6O2/c1-6-20-17-33(26-25-24(31(4)27(34)30-26)14-11-19(15-28)29-25)21(7-2)16-32(20)23(8-3)18-9-12-22(35-5)13-10-18/h9-14,20-21,23H,6-8,16-17H2,1-5H3/t20-,21+,23?/m1/s1/i5D3. The molecule has 1 saturated heterocycles. The van der Waals surface area contributed by atoms with Gasteiger partial charge in [0.15, 0.2) is 5.82 Å². The van der Waals surface area contributed by atoms with Crippen LogP contribution in [-0.2, 0) is 7.05 Å². The van der Waals surface area contributed by atoms with Gasteiger partial charge in [0.2, 0.25) is 0 Å². The molecule has 8 nitrogen and oxygen atoms in total. The largest absolute Gasteiger partial charge is 0.497 e. The second kappa shape index (κ2) is 10.4. The van der Waals surface area contributed by atoms with Crippen molar-refractivity contribution in [3.8, 4) is 11.8 Å². The summed E-state index contributed by atoms with van der Waals surface area (Å²) in [6, 6.07) is 13.2. The third kappa shape index (κ3) is 4.61. The molecule has 0 amide bonds. The van der Waals surface area contributed by atoms with Crippen molar-refractivity contribution in [1.29, 1.82) is 5.26 Å². The summed E-state index contributed by atoms with van der Waals surface area (Å²) in [4.78, 5) is 26.5. The minimum absolute atomic E-state index is 0.0837. The number of ether oxygens (including phenoxy) is 1. The lowest BCUT2D eigenvalue weighted by Gasteiger charge is -2.49. The Morgan fingerprint density at radius 3 is 2.49 bits per heavy atom. The minimum atomic E-state index is -2.48. The number of nitriles is 1. The average Bonchev–Trinajstić information content (AvgIpc) is 2.90. The highest BCUT2D eigenvalue weighted by molar-refractivity contribution is 5.86. The van der Waals surface area contributed by atoms with Gasteiger partial charge in [-0.1, -0.05) is 32.9 Å². The molecular formula is C27H34N6O2. The highest BCUT2D eigenvalue weighted by atomic mass is 16.5. The lowest BCUT2D eigenvalue weighted by atomic mass is 9.95. The molecule has 0 radical (unpaired) electrons. The first-order chi connectivity index (χ1) is 18.1. The van der Waals surface area contributed by atoms with E-state index in [1.54, 1.807) is 31.3 Å². The van der Waals surface area contributed by atoms with E-state index in [9.17, 15) is 10.1 Å². The van der Waals surface area contributed by atoms with Gasteiger partial charge < -0.3 is 9.64 Å². The molecule has 0 bridgehead atoms. The van der Waals surface area contributed by atoms with Crippen LogP contribution < -0.4 is 15.3 Å². The summed E-state index contributed by atoms with van der Waals surface area (Å²) in [5, 5.41) is 9.45. The zero-order valence-electron chi connectivity index (χ0n) is 23.7. The molecular weight excluding hydrogens is 440 g/mol. The fourth-order valence-corrected chi connectivity index (χ4v) is 5.22. The Bertz CT molecular complexity index is 1380. The maximum absolute atomic E-state index is 12.8. The molecule has 2 aromatic heterocycles. The van der Waals surface area contributed by atoms with E-state index in [1.165, 1.54) is 4.57 Å². The quantitative estimate of drug-likeness (QED) is 0.507. The number of hydrogen-bond donors (Lipinski definition) is 0.